The van der Waals surface area contributed by atoms with E-state index in [0.717, 1.165) is 5.56 Å². The van der Waals surface area contributed by atoms with Gasteiger partial charge in [-0.2, -0.15) is 0 Å². The van der Waals surface area contributed by atoms with Gasteiger partial charge in [-0.25, -0.2) is 4.98 Å². The third kappa shape index (κ3) is 1.45. The zero-order chi connectivity index (χ0) is 9.47. The van der Waals surface area contributed by atoms with E-state index in [2.05, 4.69) is 16.4 Å². The molecule has 0 spiro atoms. The van der Waals surface area contributed by atoms with Gasteiger partial charge in [-0.3, -0.25) is 0 Å². The number of hydrogen-bond donors (Lipinski definition) is 1. The van der Waals surface area contributed by atoms with Gasteiger partial charge in [-0.1, -0.05) is 11.6 Å². The van der Waals surface area contributed by atoms with Crippen molar-refractivity contribution in [3.8, 4) is 0 Å². The van der Waals surface area contributed by atoms with E-state index < -0.39 is 0 Å². The molecule has 1 aromatic heterocycles. The Morgan fingerprint density at radius 3 is 2.69 bits per heavy atom. The summed E-state index contributed by atoms with van der Waals surface area (Å²) in [4.78, 5) is 4.16. The van der Waals surface area contributed by atoms with Crippen LogP contribution in [0.25, 0.3) is 0 Å². The molecule has 0 aromatic carbocycles. The first-order chi connectivity index (χ1) is 6.18. The third-order valence-corrected chi connectivity index (χ3v) is 3.19. The lowest BCUT2D eigenvalue weighted by atomic mass is 10.1. The van der Waals surface area contributed by atoms with Crippen molar-refractivity contribution in [2.24, 2.45) is 0 Å². The zero-order valence-electron chi connectivity index (χ0n) is 7.89. The van der Waals surface area contributed by atoms with Gasteiger partial charge in [-0.15, -0.1) is 0 Å². The minimum absolute atomic E-state index is 0.197. The van der Waals surface area contributed by atoms with Crippen LogP contribution in [-0.2, 0) is 5.54 Å². The van der Waals surface area contributed by atoms with Gasteiger partial charge < -0.3 is 5.32 Å². The Kier molecular flexibility index (Phi) is 2.05. The van der Waals surface area contributed by atoms with Crippen LogP contribution in [0.2, 0.25) is 5.15 Å². The smallest absolute Gasteiger partial charge is 0.131 e. The average molecular weight is 197 g/mol. The summed E-state index contributed by atoms with van der Waals surface area (Å²) in [5.41, 5.74) is 2.51. The highest BCUT2D eigenvalue weighted by molar-refractivity contribution is 6.30. The summed E-state index contributed by atoms with van der Waals surface area (Å²) >= 11 is 5.86. The molecule has 1 aliphatic carbocycles. The fourth-order valence-electron chi connectivity index (χ4n) is 1.63. The Hall–Kier alpha value is -0.600. The highest BCUT2D eigenvalue weighted by atomic mass is 35.5. The van der Waals surface area contributed by atoms with Gasteiger partial charge >= 0.3 is 0 Å². The van der Waals surface area contributed by atoms with E-state index in [1.807, 2.05) is 20.2 Å². The van der Waals surface area contributed by atoms with E-state index in [4.69, 9.17) is 11.6 Å². The normalized spacial score (nSPS) is 18.7. The molecule has 0 aliphatic heterocycles. The van der Waals surface area contributed by atoms with Crippen molar-refractivity contribution in [2.75, 3.05) is 7.05 Å². The van der Waals surface area contributed by atoms with Crippen LogP contribution in [0.15, 0.2) is 12.3 Å². The molecule has 1 heterocycles. The van der Waals surface area contributed by atoms with Crippen molar-refractivity contribution in [3.05, 3.63) is 28.5 Å². The highest BCUT2D eigenvalue weighted by Crippen LogP contribution is 2.45. The lowest BCUT2D eigenvalue weighted by Gasteiger charge is -2.14. The zero-order valence-corrected chi connectivity index (χ0v) is 8.65. The van der Waals surface area contributed by atoms with Crippen LogP contribution in [0.4, 0.5) is 0 Å². The fraction of sp³-hybridized carbons (Fsp3) is 0.500. The Labute approximate surface area is 83.3 Å². The predicted octanol–water partition coefficient (Wildman–Crippen LogP) is 2.25. The SMILES string of the molecule is CNC1(c2cnc(Cl)c(C)c2)CC1. The standard InChI is InChI=1S/C10H13ClN2/c1-7-5-8(6-13-9(7)11)10(12-2)3-4-10/h5-6,12H,3-4H2,1-2H3. The summed E-state index contributed by atoms with van der Waals surface area (Å²) < 4.78 is 0. The second kappa shape index (κ2) is 2.96. The van der Waals surface area contributed by atoms with E-state index in [1.54, 1.807) is 0 Å². The van der Waals surface area contributed by atoms with Gasteiger partial charge in [0, 0.05) is 11.7 Å². The van der Waals surface area contributed by atoms with Gasteiger partial charge in [0.05, 0.1) is 0 Å². The maximum atomic E-state index is 5.86. The second-order valence-corrected chi connectivity index (χ2v) is 4.02. The molecule has 1 aromatic rings. The van der Waals surface area contributed by atoms with E-state index in [-0.39, 0.29) is 5.54 Å². The molecule has 2 rings (SSSR count). The summed E-state index contributed by atoms with van der Waals surface area (Å²) in [5, 5.41) is 3.94. The molecule has 0 radical (unpaired) electrons. The molecule has 3 heteroatoms. The number of nitrogens with zero attached hydrogens (tertiary/aromatic N) is 1. The number of aryl methyl sites for hydroxylation is 1. The molecule has 1 N–H and O–H groups in total. The lowest BCUT2D eigenvalue weighted by molar-refractivity contribution is 0.583. The maximum absolute atomic E-state index is 5.86. The van der Waals surface area contributed by atoms with Crippen molar-refractivity contribution in [2.45, 2.75) is 25.3 Å². The minimum atomic E-state index is 0.197. The maximum Gasteiger partial charge on any atom is 0.131 e. The molecule has 1 aliphatic rings. The lowest BCUT2D eigenvalue weighted by Crippen LogP contribution is -2.24. The molecule has 0 bridgehead atoms. The highest BCUT2D eigenvalue weighted by Gasteiger charge is 2.43. The van der Waals surface area contributed by atoms with E-state index in [1.165, 1.54) is 18.4 Å². The fourth-order valence-corrected chi connectivity index (χ4v) is 1.73. The topological polar surface area (TPSA) is 24.9 Å². The third-order valence-electron chi connectivity index (χ3n) is 2.80. The van der Waals surface area contributed by atoms with Crippen LogP contribution < -0.4 is 5.32 Å². The molecule has 1 saturated carbocycles. The molecule has 0 unspecified atom stereocenters. The van der Waals surface area contributed by atoms with Crippen molar-refractivity contribution in [1.29, 1.82) is 0 Å². The first-order valence-corrected chi connectivity index (χ1v) is 4.87. The van der Waals surface area contributed by atoms with Gasteiger partial charge in [0.25, 0.3) is 0 Å². The molecule has 2 nitrogen and oxygen atoms in total. The van der Waals surface area contributed by atoms with Crippen LogP contribution in [-0.4, -0.2) is 12.0 Å². The summed E-state index contributed by atoms with van der Waals surface area (Å²) in [6, 6.07) is 2.12. The molecule has 13 heavy (non-hydrogen) atoms. The van der Waals surface area contributed by atoms with E-state index >= 15 is 0 Å². The van der Waals surface area contributed by atoms with Crippen LogP contribution in [0.1, 0.15) is 24.0 Å². The molecule has 1 fully saturated rings. The van der Waals surface area contributed by atoms with Crippen molar-refractivity contribution in [1.82, 2.24) is 10.3 Å². The number of halogens is 1. The van der Waals surface area contributed by atoms with Crippen LogP contribution in [0, 0.1) is 6.92 Å². The van der Waals surface area contributed by atoms with Crippen molar-refractivity contribution < 1.29 is 0 Å². The Balaban J connectivity index is 2.37. The van der Waals surface area contributed by atoms with Gasteiger partial charge in [0.15, 0.2) is 0 Å². The molecule has 70 valence electrons. The molecule has 0 saturated heterocycles. The Morgan fingerprint density at radius 2 is 2.23 bits per heavy atom. The number of rotatable bonds is 2. The molecule has 0 atom stereocenters. The molecule has 0 amide bonds. The van der Waals surface area contributed by atoms with Crippen molar-refractivity contribution >= 4 is 11.6 Å². The van der Waals surface area contributed by atoms with Crippen LogP contribution in [0.3, 0.4) is 0 Å². The molecular weight excluding hydrogens is 184 g/mol. The summed E-state index contributed by atoms with van der Waals surface area (Å²) in [6.07, 6.45) is 4.28. The first-order valence-electron chi connectivity index (χ1n) is 4.49. The number of hydrogen-bond acceptors (Lipinski definition) is 2. The quantitative estimate of drug-likeness (QED) is 0.734. The number of nitrogens with one attached hydrogen (secondary N) is 1. The van der Waals surface area contributed by atoms with Gasteiger partial charge in [0.1, 0.15) is 5.15 Å². The predicted molar refractivity (Wildman–Crippen MR) is 54.0 cm³/mol. The summed E-state index contributed by atoms with van der Waals surface area (Å²) in [7, 11) is 2.00. The van der Waals surface area contributed by atoms with E-state index in [9.17, 15) is 0 Å². The number of aromatic nitrogens is 1. The average Bonchev–Trinajstić information content (AvgIpc) is 2.90. The largest absolute Gasteiger partial charge is 0.310 e. The van der Waals surface area contributed by atoms with Crippen molar-refractivity contribution in [3.63, 3.8) is 0 Å². The summed E-state index contributed by atoms with van der Waals surface area (Å²) in [6.45, 7) is 1.99. The van der Waals surface area contributed by atoms with Gasteiger partial charge in [-0.05, 0) is 44.0 Å². The van der Waals surface area contributed by atoms with Crippen LogP contribution >= 0.6 is 11.6 Å². The second-order valence-electron chi connectivity index (χ2n) is 3.66. The monoisotopic (exact) mass is 196 g/mol. The van der Waals surface area contributed by atoms with Gasteiger partial charge in [0.2, 0.25) is 0 Å². The van der Waals surface area contributed by atoms with E-state index in [0.29, 0.717) is 5.15 Å². The first kappa shape index (κ1) is 8.97. The minimum Gasteiger partial charge on any atom is -0.310 e. The summed E-state index contributed by atoms with van der Waals surface area (Å²) in [5.74, 6) is 0. The van der Waals surface area contributed by atoms with Crippen LogP contribution in [0.5, 0.6) is 0 Å². The Morgan fingerprint density at radius 1 is 1.54 bits per heavy atom. The number of pyridine rings is 1. The molecular formula is C10H13ClN2. The Bertz CT molecular complexity index is 332.